The molecule has 22 heavy (non-hydrogen) atoms. The van der Waals surface area contributed by atoms with Crippen LogP contribution in [-0.2, 0) is 9.53 Å². The average molecular weight is 306 g/mol. The van der Waals surface area contributed by atoms with Crippen LogP contribution in [0.3, 0.4) is 0 Å². The molecule has 0 N–H and O–H groups in total. The van der Waals surface area contributed by atoms with Crippen molar-refractivity contribution < 1.29 is 9.53 Å². The predicted octanol–water partition coefficient (Wildman–Crippen LogP) is 2.14. The van der Waals surface area contributed by atoms with Crippen molar-refractivity contribution in [1.29, 1.82) is 0 Å². The molecule has 2 heterocycles. The molecule has 2 aliphatic carbocycles. The van der Waals surface area contributed by atoms with Gasteiger partial charge in [-0.1, -0.05) is 12.8 Å². The highest BCUT2D eigenvalue weighted by molar-refractivity contribution is 5.81. The maximum absolute atomic E-state index is 12.3. The van der Waals surface area contributed by atoms with E-state index in [2.05, 4.69) is 9.80 Å². The van der Waals surface area contributed by atoms with Crippen LogP contribution in [0.5, 0.6) is 0 Å². The van der Waals surface area contributed by atoms with Gasteiger partial charge in [0.15, 0.2) is 0 Å². The van der Waals surface area contributed by atoms with E-state index >= 15 is 0 Å². The van der Waals surface area contributed by atoms with E-state index in [9.17, 15) is 4.79 Å². The minimum absolute atomic E-state index is 0.282. The summed E-state index contributed by atoms with van der Waals surface area (Å²) in [7, 11) is 0. The SMILES string of the molecule is O=C(C1CC1)N1CC[C@@H]2CN(CC3CCCC3)CCO[C@@H]2C1. The second kappa shape index (κ2) is 6.48. The molecular formula is C18H30N2O2. The van der Waals surface area contributed by atoms with Gasteiger partial charge in [0.25, 0.3) is 0 Å². The highest BCUT2D eigenvalue weighted by Crippen LogP contribution is 2.34. The fourth-order valence-corrected chi connectivity index (χ4v) is 4.63. The Hall–Kier alpha value is -0.610. The summed E-state index contributed by atoms with van der Waals surface area (Å²) in [4.78, 5) is 17.0. The number of carbonyl (C=O) groups is 1. The fraction of sp³-hybridized carbons (Fsp3) is 0.944. The van der Waals surface area contributed by atoms with Crippen molar-refractivity contribution in [2.24, 2.45) is 17.8 Å². The first-order valence-electron chi connectivity index (χ1n) is 9.42. The smallest absolute Gasteiger partial charge is 0.225 e. The number of piperidine rings is 1. The molecule has 4 fully saturated rings. The maximum Gasteiger partial charge on any atom is 0.225 e. The Morgan fingerprint density at radius 3 is 2.59 bits per heavy atom. The Bertz CT molecular complexity index is 404. The van der Waals surface area contributed by atoms with Crippen LogP contribution in [0, 0.1) is 17.8 Å². The second-order valence-electron chi connectivity index (χ2n) is 7.93. The summed E-state index contributed by atoms with van der Waals surface area (Å²) in [5.41, 5.74) is 0. The second-order valence-corrected chi connectivity index (χ2v) is 7.93. The fourth-order valence-electron chi connectivity index (χ4n) is 4.63. The number of ether oxygens (including phenoxy) is 1. The van der Waals surface area contributed by atoms with Gasteiger partial charge in [0, 0.05) is 44.6 Å². The summed E-state index contributed by atoms with van der Waals surface area (Å²) in [5, 5.41) is 0. The van der Waals surface area contributed by atoms with Gasteiger partial charge in [-0.05, 0) is 38.0 Å². The molecule has 0 aromatic heterocycles. The van der Waals surface area contributed by atoms with Crippen molar-refractivity contribution in [3.05, 3.63) is 0 Å². The average Bonchev–Trinajstić information content (AvgIpc) is 3.29. The Morgan fingerprint density at radius 2 is 1.82 bits per heavy atom. The van der Waals surface area contributed by atoms with Crippen molar-refractivity contribution in [2.75, 3.05) is 39.3 Å². The predicted molar refractivity (Wildman–Crippen MR) is 85.5 cm³/mol. The molecule has 2 saturated carbocycles. The lowest BCUT2D eigenvalue weighted by molar-refractivity contribution is -0.138. The first-order chi connectivity index (χ1) is 10.8. The standard InChI is InChI=1S/C18H30N2O2/c21-18(15-5-6-15)20-8-7-16-12-19(9-10-22-17(16)13-20)11-14-3-1-2-4-14/h14-17H,1-13H2/t16-,17-/m1/s1. The lowest BCUT2D eigenvalue weighted by Gasteiger charge is -2.38. The number of fused-ring (bicyclic) bond motifs is 1. The molecular weight excluding hydrogens is 276 g/mol. The van der Waals surface area contributed by atoms with Gasteiger partial charge in [0.2, 0.25) is 5.91 Å². The molecule has 0 unspecified atom stereocenters. The molecule has 4 nitrogen and oxygen atoms in total. The molecule has 0 aromatic rings. The number of rotatable bonds is 3. The van der Waals surface area contributed by atoms with E-state index in [-0.39, 0.29) is 6.10 Å². The normalized spacial score (nSPS) is 34.5. The maximum atomic E-state index is 12.3. The third-order valence-electron chi connectivity index (χ3n) is 6.16. The molecule has 4 heteroatoms. The Morgan fingerprint density at radius 1 is 1.00 bits per heavy atom. The molecule has 1 amide bonds. The molecule has 2 atom stereocenters. The van der Waals surface area contributed by atoms with Crippen LogP contribution in [0.15, 0.2) is 0 Å². The largest absolute Gasteiger partial charge is 0.375 e. The molecule has 0 aromatic carbocycles. The first-order valence-corrected chi connectivity index (χ1v) is 9.42. The summed E-state index contributed by atoms with van der Waals surface area (Å²) in [6.07, 6.45) is 9.34. The molecule has 2 saturated heterocycles. The highest BCUT2D eigenvalue weighted by atomic mass is 16.5. The number of likely N-dealkylation sites (tertiary alicyclic amines) is 1. The molecule has 4 rings (SSSR count). The molecule has 0 spiro atoms. The van der Waals surface area contributed by atoms with Crippen molar-refractivity contribution in [3.8, 4) is 0 Å². The molecule has 124 valence electrons. The van der Waals surface area contributed by atoms with Crippen LogP contribution in [0.4, 0.5) is 0 Å². The van der Waals surface area contributed by atoms with E-state index in [0.717, 1.165) is 51.4 Å². The van der Waals surface area contributed by atoms with Crippen LogP contribution in [-0.4, -0.2) is 61.1 Å². The monoisotopic (exact) mass is 306 g/mol. The summed E-state index contributed by atoms with van der Waals surface area (Å²) in [6, 6.07) is 0. The van der Waals surface area contributed by atoms with Crippen LogP contribution in [0.1, 0.15) is 44.9 Å². The lowest BCUT2D eigenvalue weighted by atomic mass is 9.92. The third-order valence-corrected chi connectivity index (χ3v) is 6.16. The molecule has 0 bridgehead atoms. The minimum atomic E-state index is 0.282. The third kappa shape index (κ3) is 3.33. The Balaban J connectivity index is 1.32. The van der Waals surface area contributed by atoms with Gasteiger partial charge >= 0.3 is 0 Å². The summed E-state index contributed by atoms with van der Waals surface area (Å²) in [5.74, 6) is 2.30. The topological polar surface area (TPSA) is 32.8 Å². The van der Waals surface area contributed by atoms with Crippen molar-refractivity contribution in [1.82, 2.24) is 9.80 Å². The number of nitrogens with zero attached hydrogens (tertiary/aromatic N) is 2. The van der Waals surface area contributed by atoms with E-state index in [4.69, 9.17) is 4.74 Å². The van der Waals surface area contributed by atoms with Crippen LogP contribution in [0.25, 0.3) is 0 Å². The Kier molecular flexibility index (Phi) is 4.40. The lowest BCUT2D eigenvalue weighted by Crippen LogP contribution is -2.49. The number of amides is 1. The van der Waals surface area contributed by atoms with E-state index in [1.54, 1.807) is 0 Å². The quantitative estimate of drug-likeness (QED) is 0.801. The minimum Gasteiger partial charge on any atom is -0.375 e. The summed E-state index contributed by atoms with van der Waals surface area (Å²) < 4.78 is 6.15. The molecule has 0 radical (unpaired) electrons. The van der Waals surface area contributed by atoms with Gasteiger partial charge in [-0.25, -0.2) is 0 Å². The van der Waals surface area contributed by atoms with Crippen molar-refractivity contribution in [3.63, 3.8) is 0 Å². The van der Waals surface area contributed by atoms with Gasteiger partial charge in [-0.2, -0.15) is 0 Å². The number of hydrogen-bond acceptors (Lipinski definition) is 3. The zero-order valence-corrected chi connectivity index (χ0v) is 13.7. The van der Waals surface area contributed by atoms with Gasteiger partial charge in [0.1, 0.15) is 0 Å². The van der Waals surface area contributed by atoms with Gasteiger partial charge < -0.3 is 14.5 Å². The summed E-state index contributed by atoms with van der Waals surface area (Å²) >= 11 is 0. The van der Waals surface area contributed by atoms with Crippen molar-refractivity contribution in [2.45, 2.75) is 51.0 Å². The van der Waals surface area contributed by atoms with Crippen LogP contribution >= 0.6 is 0 Å². The van der Waals surface area contributed by atoms with Gasteiger partial charge in [0.05, 0.1) is 12.7 Å². The number of hydrogen-bond donors (Lipinski definition) is 0. The van der Waals surface area contributed by atoms with E-state index in [1.807, 2.05) is 0 Å². The van der Waals surface area contributed by atoms with Gasteiger partial charge in [-0.15, -0.1) is 0 Å². The zero-order chi connectivity index (χ0) is 14.9. The van der Waals surface area contributed by atoms with E-state index < -0.39 is 0 Å². The van der Waals surface area contributed by atoms with Crippen molar-refractivity contribution >= 4 is 5.91 Å². The highest BCUT2D eigenvalue weighted by Gasteiger charge is 2.39. The van der Waals surface area contributed by atoms with E-state index in [0.29, 0.717) is 17.7 Å². The summed E-state index contributed by atoms with van der Waals surface area (Å²) in [6.45, 7) is 6.19. The molecule has 4 aliphatic rings. The van der Waals surface area contributed by atoms with E-state index in [1.165, 1.54) is 38.8 Å². The molecule has 2 aliphatic heterocycles. The van der Waals surface area contributed by atoms with Gasteiger partial charge in [-0.3, -0.25) is 4.79 Å². The zero-order valence-electron chi connectivity index (χ0n) is 13.7. The van der Waals surface area contributed by atoms with Crippen LogP contribution < -0.4 is 0 Å². The number of carbonyl (C=O) groups excluding carboxylic acids is 1. The van der Waals surface area contributed by atoms with Crippen LogP contribution in [0.2, 0.25) is 0 Å². The Labute approximate surface area is 134 Å². The first kappa shape index (κ1) is 14.9.